The van der Waals surface area contributed by atoms with Crippen molar-refractivity contribution in [3.63, 3.8) is 0 Å². The number of rotatable bonds is 4. The van der Waals surface area contributed by atoms with Gasteiger partial charge in [-0.2, -0.15) is 5.26 Å². The number of hydrogen-bond donors (Lipinski definition) is 1. The SMILES string of the molecule is N#CCC(O)CS(=O)(=O)c1ccc(Br)cc1. The molecule has 1 N–H and O–H groups in total. The summed E-state index contributed by atoms with van der Waals surface area (Å²) in [5.74, 6) is -0.428. The van der Waals surface area contributed by atoms with Crippen LogP contribution in [0.1, 0.15) is 6.42 Å². The molecule has 0 saturated heterocycles. The van der Waals surface area contributed by atoms with Crippen LogP contribution in [0.3, 0.4) is 0 Å². The van der Waals surface area contributed by atoms with Gasteiger partial charge in [0.2, 0.25) is 0 Å². The molecule has 4 nitrogen and oxygen atoms in total. The fourth-order valence-electron chi connectivity index (χ4n) is 1.16. The molecule has 0 amide bonds. The quantitative estimate of drug-likeness (QED) is 0.914. The van der Waals surface area contributed by atoms with E-state index in [2.05, 4.69) is 15.9 Å². The number of hydrogen-bond acceptors (Lipinski definition) is 4. The van der Waals surface area contributed by atoms with E-state index in [1.54, 1.807) is 18.2 Å². The molecule has 0 aliphatic heterocycles. The van der Waals surface area contributed by atoms with Gasteiger partial charge in [-0.3, -0.25) is 0 Å². The molecule has 0 aromatic heterocycles. The summed E-state index contributed by atoms with van der Waals surface area (Å²) >= 11 is 3.20. The summed E-state index contributed by atoms with van der Waals surface area (Å²) in [4.78, 5) is 0.146. The van der Waals surface area contributed by atoms with Crippen molar-refractivity contribution in [1.29, 1.82) is 5.26 Å². The second kappa shape index (κ2) is 5.43. The fraction of sp³-hybridized carbons (Fsp3) is 0.300. The number of nitriles is 1. The topological polar surface area (TPSA) is 78.2 Å². The Labute approximate surface area is 103 Å². The smallest absolute Gasteiger partial charge is 0.180 e. The minimum atomic E-state index is -3.52. The number of halogens is 1. The van der Waals surface area contributed by atoms with Gasteiger partial charge in [0.05, 0.1) is 29.2 Å². The third-order valence-corrected chi connectivity index (χ3v) is 4.25. The molecule has 0 spiro atoms. The molecule has 0 radical (unpaired) electrons. The van der Waals surface area contributed by atoms with Gasteiger partial charge in [0.1, 0.15) is 0 Å². The molecule has 1 aromatic rings. The van der Waals surface area contributed by atoms with Gasteiger partial charge >= 0.3 is 0 Å². The van der Waals surface area contributed by atoms with E-state index in [-0.39, 0.29) is 11.3 Å². The van der Waals surface area contributed by atoms with Crippen LogP contribution < -0.4 is 0 Å². The molecule has 1 aromatic carbocycles. The second-order valence-corrected chi connectivity index (χ2v) is 6.20. The van der Waals surface area contributed by atoms with Gasteiger partial charge in [0, 0.05) is 4.47 Å². The molecule has 0 heterocycles. The van der Waals surface area contributed by atoms with Gasteiger partial charge in [-0.25, -0.2) is 8.42 Å². The van der Waals surface area contributed by atoms with E-state index in [9.17, 15) is 13.5 Å². The molecule has 0 saturated carbocycles. The van der Waals surface area contributed by atoms with Crippen LogP contribution in [0, 0.1) is 11.3 Å². The van der Waals surface area contributed by atoms with Crippen LogP contribution in [0.15, 0.2) is 33.6 Å². The Kier molecular flexibility index (Phi) is 4.47. The lowest BCUT2D eigenvalue weighted by molar-refractivity contribution is 0.202. The third kappa shape index (κ3) is 3.59. The maximum Gasteiger partial charge on any atom is 0.180 e. The summed E-state index contributed by atoms with van der Waals surface area (Å²) in [7, 11) is -3.52. The van der Waals surface area contributed by atoms with Gasteiger partial charge in [0.25, 0.3) is 0 Å². The summed E-state index contributed by atoms with van der Waals surface area (Å²) in [6.07, 6.45) is -1.32. The first-order valence-corrected chi connectivity index (χ1v) is 6.93. The van der Waals surface area contributed by atoms with Crippen molar-refractivity contribution < 1.29 is 13.5 Å². The largest absolute Gasteiger partial charge is 0.391 e. The van der Waals surface area contributed by atoms with Gasteiger partial charge in [-0.15, -0.1) is 0 Å². The zero-order valence-electron chi connectivity index (χ0n) is 8.30. The van der Waals surface area contributed by atoms with Crippen LogP contribution >= 0.6 is 15.9 Å². The zero-order valence-corrected chi connectivity index (χ0v) is 10.7. The lowest BCUT2D eigenvalue weighted by Crippen LogP contribution is -2.20. The molecular weight excluding hydrogens is 294 g/mol. The summed E-state index contributed by atoms with van der Waals surface area (Å²) < 4.78 is 24.3. The van der Waals surface area contributed by atoms with Gasteiger partial charge in [-0.1, -0.05) is 15.9 Å². The van der Waals surface area contributed by atoms with Crippen molar-refractivity contribution in [3.8, 4) is 6.07 Å². The first kappa shape index (κ1) is 13.2. The summed E-state index contributed by atoms with van der Waals surface area (Å²) in [6.45, 7) is 0. The zero-order chi connectivity index (χ0) is 12.2. The molecular formula is C10H10BrNO3S. The van der Waals surface area contributed by atoms with E-state index >= 15 is 0 Å². The van der Waals surface area contributed by atoms with Gasteiger partial charge in [0.15, 0.2) is 9.84 Å². The Morgan fingerprint density at radius 3 is 2.44 bits per heavy atom. The lowest BCUT2D eigenvalue weighted by atomic mass is 10.3. The third-order valence-electron chi connectivity index (χ3n) is 1.91. The highest BCUT2D eigenvalue weighted by atomic mass is 79.9. The van der Waals surface area contributed by atoms with E-state index in [1.807, 2.05) is 0 Å². The van der Waals surface area contributed by atoms with Gasteiger partial charge < -0.3 is 5.11 Å². The number of sulfone groups is 1. The molecule has 6 heteroatoms. The highest BCUT2D eigenvalue weighted by Crippen LogP contribution is 2.16. The van der Waals surface area contributed by atoms with Crippen LogP contribution in [-0.4, -0.2) is 25.4 Å². The Morgan fingerprint density at radius 1 is 1.38 bits per heavy atom. The average Bonchev–Trinajstić information content (AvgIpc) is 2.17. The Bertz CT molecular complexity index is 490. The van der Waals surface area contributed by atoms with Crippen molar-refractivity contribution in [1.82, 2.24) is 0 Å². The van der Waals surface area contributed by atoms with Crippen LogP contribution in [-0.2, 0) is 9.84 Å². The predicted octanol–water partition coefficient (Wildman–Crippen LogP) is 1.50. The van der Waals surface area contributed by atoms with E-state index < -0.39 is 21.7 Å². The maximum absolute atomic E-state index is 11.7. The standard InChI is InChI=1S/C10H10BrNO3S/c11-8-1-3-10(4-2-8)16(14,15)7-9(13)5-6-12/h1-4,9,13H,5,7H2. The maximum atomic E-state index is 11.7. The molecule has 86 valence electrons. The van der Waals surface area contributed by atoms with Crippen molar-refractivity contribution in [2.45, 2.75) is 17.4 Å². The molecule has 0 fully saturated rings. The van der Waals surface area contributed by atoms with Crippen LogP contribution in [0.25, 0.3) is 0 Å². The van der Waals surface area contributed by atoms with E-state index in [0.29, 0.717) is 0 Å². The van der Waals surface area contributed by atoms with E-state index in [0.717, 1.165) is 4.47 Å². The van der Waals surface area contributed by atoms with Crippen LogP contribution in [0.4, 0.5) is 0 Å². The number of benzene rings is 1. The highest BCUT2D eigenvalue weighted by Gasteiger charge is 2.19. The highest BCUT2D eigenvalue weighted by molar-refractivity contribution is 9.10. The van der Waals surface area contributed by atoms with Gasteiger partial charge in [-0.05, 0) is 24.3 Å². The average molecular weight is 304 g/mol. The minimum Gasteiger partial charge on any atom is -0.391 e. The first-order chi connectivity index (χ1) is 7.45. The van der Waals surface area contributed by atoms with Crippen LogP contribution in [0.5, 0.6) is 0 Å². The fourth-order valence-corrected chi connectivity index (χ4v) is 2.79. The Hall–Kier alpha value is -0.900. The normalized spacial score (nSPS) is 13.1. The lowest BCUT2D eigenvalue weighted by Gasteiger charge is -2.07. The second-order valence-electron chi connectivity index (χ2n) is 3.25. The number of aliphatic hydroxyl groups excluding tert-OH is 1. The molecule has 0 aliphatic carbocycles. The van der Waals surface area contributed by atoms with Crippen molar-refractivity contribution in [2.75, 3.05) is 5.75 Å². The summed E-state index contributed by atoms with van der Waals surface area (Å²) in [5, 5.41) is 17.6. The van der Waals surface area contributed by atoms with E-state index in [1.165, 1.54) is 12.1 Å². The van der Waals surface area contributed by atoms with E-state index in [4.69, 9.17) is 5.26 Å². The van der Waals surface area contributed by atoms with Crippen molar-refractivity contribution >= 4 is 25.8 Å². The van der Waals surface area contributed by atoms with Crippen molar-refractivity contribution in [3.05, 3.63) is 28.7 Å². The first-order valence-electron chi connectivity index (χ1n) is 4.49. The molecule has 1 atom stereocenters. The van der Waals surface area contributed by atoms with Crippen molar-refractivity contribution in [2.24, 2.45) is 0 Å². The van der Waals surface area contributed by atoms with Crippen LogP contribution in [0.2, 0.25) is 0 Å². The minimum absolute atomic E-state index is 0.146. The molecule has 1 rings (SSSR count). The molecule has 0 bridgehead atoms. The molecule has 16 heavy (non-hydrogen) atoms. The predicted molar refractivity (Wildman–Crippen MR) is 62.4 cm³/mol. The number of aliphatic hydroxyl groups is 1. The monoisotopic (exact) mass is 303 g/mol. The summed E-state index contributed by atoms with van der Waals surface area (Å²) in [5.41, 5.74) is 0. The molecule has 1 unspecified atom stereocenters. The molecule has 0 aliphatic rings. The summed E-state index contributed by atoms with van der Waals surface area (Å²) in [6, 6.07) is 7.87. The Balaban J connectivity index is 2.87. The number of nitrogens with zero attached hydrogens (tertiary/aromatic N) is 1. The Morgan fingerprint density at radius 2 is 1.94 bits per heavy atom.